The van der Waals surface area contributed by atoms with Gasteiger partial charge in [0.05, 0.1) is 45.1 Å². The molecule has 2 aliphatic heterocycles. The summed E-state index contributed by atoms with van der Waals surface area (Å²) in [6.07, 6.45) is 1.36. The van der Waals surface area contributed by atoms with Gasteiger partial charge < -0.3 is 67.2 Å². The van der Waals surface area contributed by atoms with Crippen molar-refractivity contribution < 1.29 is 57.7 Å². The van der Waals surface area contributed by atoms with Gasteiger partial charge in [-0.25, -0.2) is 9.79 Å². The van der Waals surface area contributed by atoms with E-state index in [1.807, 2.05) is 26.0 Å². The van der Waals surface area contributed by atoms with Gasteiger partial charge in [0.1, 0.15) is 36.0 Å². The molecule has 82 heavy (non-hydrogen) atoms. The van der Waals surface area contributed by atoms with Gasteiger partial charge in [0, 0.05) is 31.3 Å². The Hall–Kier alpha value is -7.02. The first kappa shape index (κ1) is 65.8. The number of primary amides is 1. The first-order valence-corrected chi connectivity index (χ1v) is 31.0. The summed E-state index contributed by atoms with van der Waals surface area (Å²) in [5.74, 6) is -5.70. The number of aliphatic hydroxyl groups is 1. The lowest BCUT2D eigenvalue weighted by atomic mass is 9.97. The lowest BCUT2D eigenvalue weighted by molar-refractivity contribution is -0.146. The van der Waals surface area contributed by atoms with E-state index in [1.165, 1.54) is 46.4 Å². The Morgan fingerprint density at radius 2 is 1.35 bits per heavy atom. The zero-order valence-electron chi connectivity index (χ0n) is 48.3. The van der Waals surface area contributed by atoms with Crippen LogP contribution >= 0.6 is 11.8 Å². The molecule has 1 saturated heterocycles. The van der Waals surface area contributed by atoms with Crippen LogP contribution in [0.2, 0.25) is 5.04 Å². The van der Waals surface area contributed by atoms with E-state index in [1.54, 1.807) is 13.8 Å². The Bertz CT molecular complexity index is 2630. The van der Waals surface area contributed by atoms with Crippen molar-refractivity contribution in [3.63, 3.8) is 0 Å². The van der Waals surface area contributed by atoms with Crippen LogP contribution < -0.4 is 53.3 Å². The van der Waals surface area contributed by atoms with Crippen molar-refractivity contribution in [1.29, 1.82) is 0 Å². The lowest BCUT2D eigenvalue weighted by Crippen LogP contribution is -2.67. The summed E-state index contributed by atoms with van der Waals surface area (Å²) in [7, 11) is -1.61. The number of thioether (sulfide) groups is 1. The fourth-order valence-corrected chi connectivity index (χ4v) is 15.4. The lowest BCUT2D eigenvalue weighted by Gasteiger charge is -2.44. The molecule has 2 heterocycles. The summed E-state index contributed by atoms with van der Waals surface area (Å²) in [6, 6.07) is 19.6. The predicted molar refractivity (Wildman–Crippen MR) is 316 cm³/mol. The van der Waals surface area contributed by atoms with Gasteiger partial charge in [0.2, 0.25) is 41.4 Å². The highest BCUT2D eigenvalue weighted by molar-refractivity contribution is 8.00. The predicted octanol–water partition coefficient (Wildman–Crippen LogP) is 0.710. The number of aliphatic imine (C=N–C) groups is 1. The van der Waals surface area contributed by atoms with Gasteiger partial charge >= 0.3 is 5.97 Å². The van der Waals surface area contributed by atoms with Crippen molar-refractivity contribution in [2.24, 2.45) is 22.6 Å². The summed E-state index contributed by atoms with van der Waals surface area (Å²) >= 11 is 1.42. The summed E-state index contributed by atoms with van der Waals surface area (Å²) in [6.45, 7) is 14.6. The Labute approximate surface area is 486 Å². The molecule has 0 bridgehead atoms. The van der Waals surface area contributed by atoms with E-state index in [-0.39, 0.29) is 47.4 Å². The number of nitrogens with two attached hydrogens (primary N) is 1. The molecular formula is C58H84N10O12SSi. The number of aromatic hydroxyl groups is 1. The molecule has 0 radical (unpaired) electrons. The molecule has 2 unspecified atom stereocenters. The first-order valence-electron chi connectivity index (χ1n) is 27.9. The van der Waals surface area contributed by atoms with Crippen molar-refractivity contribution in [3.8, 4) is 5.75 Å². The van der Waals surface area contributed by atoms with Gasteiger partial charge in [0.25, 0.3) is 8.32 Å². The van der Waals surface area contributed by atoms with Gasteiger partial charge in [-0.15, -0.1) is 11.8 Å². The molecule has 22 nitrogen and oxygen atoms in total. The van der Waals surface area contributed by atoms with Crippen LogP contribution in [0.25, 0.3) is 0 Å². The van der Waals surface area contributed by atoms with Crippen LogP contribution in [-0.2, 0) is 53.9 Å². The van der Waals surface area contributed by atoms with Crippen LogP contribution in [0.5, 0.6) is 5.75 Å². The summed E-state index contributed by atoms with van der Waals surface area (Å²) in [4.78, 5) is 114. The number of nitrogens with one attached hydrogen (secondary N) is 7. The number of guanidine groups is 1. The van der Waals surface area contributed by atoms with Crippen LogP contribution in [0, 0.1) is 11.8 Å². The Balaban J connectivity index is 1.14. The minimum Gasteiger partial charge on any atom is -0.508 e. The molecule has 0 aromatic heterocycles. The van der Waals surface area contributed by atoms with E-state index in [9.17, 15) is 48.6 Å². The minimum absolute atomic E-state index is 0.0442. The van der Waals surface area contributed by atoms with E-state index >= 15 is 0 Å². The summed E-state index contributed by atoms with van der Waals surface area (Å²) in [5, 5.41) is 41.3. The molecule has 8 atom stereocenters. The van der Waals surface area contributed by atoms with Crippen LogP contribution in [0.4, 0.5) is 0 Å². The zero-order valence-corrected chi connectivity index (χ0v) is 50.1. The normalized spacial score (nSPS) is 17.4. The van der Waals surface area contributed by atoms with Gasteiger partial charge in [0.15, 0.2) is 5.96 Å². The molecule has 2 aliphatic rings. The largest absolute Gasteiger partial charge is 0.508 e. The Morgan fingerprint density at radius 3 is 1.93 bits per heavy atom. The number of esters is 1. The van der Waals surface area contributed by atoms with Crippen LogP contribution in [0.15, 0.2) is 89.9 Å². The zero-order chi connectivity index (χ0) is 60.1. The third kappa shape index (κ3) is 19.0. The number of nitrogens with zero attached hydrogens (tertiary/aromatic N) is 2. The minimum atomic E-state index is -2.75. The van der Waals surface area contributed by atoms with Crippen molar-refractivity contribution >= 4 is 83.7 Å². The van der Waals surface area contributed by atoms with Gasteiger partial charge in [-0.05, 0) is 64.2 Å². The molecule has 24 heteroatoms. The maximum absolute atomic E-state index is 14.0. The van der Waals surface area contributed by atoms with Gasteiger partial charge in [-0.2, -0.15) is 0 Å². The van der Waals surface area contributed by atoms with Crippen molar-refractivity contribution in [2.75, 3.05) is 51.5 Å². The quantitative estimate of drug-likeness (QED) is 0.0325. The Kier molecular flexibility index (Phi) is 25.2. The number of carbonyl (C=O) groups is 8. The number of aliphatic hydroxyl groups excluding tert-OH is 1. The van der Waals surface area contributed by atoms with Crippen LogP contribution in [0.1, 0.15) is 86.1 Å². The number of methoxy groups -OCH3 is 1. The second kappa shape index (κ2) is 31.4. The van der Waals surface area contributed by atoms with E-state index in [0.29, 0.717) is 24.3 Å². The highest BCUT2D eigenvalue weighted by atomic mass is 32.2. The summed E-state index contributed by atoms with van der Waals surface area (Å²) in [5.41, 5.74) is 5.88. The SMILES string of the molecule is CC[C@H](C)[C@H](NC(=O)CNC(=O)CSCC1CCN2CCC(CO[Si](c3ccccc3)(c3ccccc3)C(C)(C)C)N=C2N1)C(=O)N[C@@H](CO)C(=O)N[C@@H](Cc1ccc(O)cc1)C(=O)N[C@@H](CC(N)=O)C(=O)N[C@@H](CC(C)C)C(=O)OC. The molecule has 11 N–H and O–H groups in total. The van der Waals surface area contributed by atoms with Crippen molar-refractivity contribution in [1.82, 2.24) is 42.1 Å². The fourth-order valence-electron chi connectivity index (χ4n) is 9.91. The van der Waals surface area contributed by atoms with Crippen LogP contribution in [0.3, 0.4) is 0 Å². The molecule has 448 valence electrons. The number of benzene rings is 3. The van der Waals surface area contributed by atoms with Gasteiger partial charge in [-0.3, -0.25) is 33.6 Å². The molecular weight excluding hydrogens is 1090 g/mol. The average Bonchev–Trinajstić information content (AvgIpc) is 1.91. The van der Waals surface area contributed by atoms with E-state index in [0.717, 1.165) is 39.0 Å². The maximum Gasteiger partial charge on any atom is 0.328 e. The molecule has 3 aromatic rings. The van der Waals surface area contributed by atoms with Crippen LogP contribution in [-0.4, -0.2) is 170 Å². The number of fused-ring (bicyclic) bond motifs is 1. The number of amides is 7. The number of hydrogen-bond acceptors (Lipinski definition) is 16. The Morgan fingerprint density at radius 1 is 0.780 bits per heavy atom. The highest BCUT2D eigenvalue weighted by Crippen LogP contribution is 2.37. The summed E-state index contributed by atoms with van der Waals surface area (Å²) < 4.78 is 12.0. The van der Waals surface area contributed by atoms with E-state index < -0.39 is 111 Å². The standard InChI is InChI=1S/C58H84N10O12SSi/c1-9-37(4)51(55(77)66-47(32-69)54(76)63-44(29-38-20-22-41(70)23-21-38)52(74)64-45(30-48(59)71)53(75)65-46(28-36(2)3)56(78)79-8)67-49(72)31-60-50(73)35-81-34-40-25-27-68-26-24-39(61-57(68)62-40)33-80-82(58(5,6)7,42-16-12-10-13-17-42)43-18-14-11-15-19-43/h10-23,36-37,39-40,44-47,51,69-70H,9,24-35H2,1-8H3,(H2,59,71)(H,60,73)(H,61,62)(H,63,76)(H,64,74)(H,65,75)(H,66,77)(H,67,72)/t37-,39?,40?,44-,45-,46-,47-,51-/m0/s1. The first-order chi connectivity index (χ1) is 39.0. The fraction of sp³-hybridized carbons (Fsp3) is 0.534. The third-order valence-electron chi connectivity index (χ3n) is 14.5. The second-order valence-corrected chi connectivity index (χ2v) is 27.7. The molecule has 3 aromatic carbocycles. The van der Waals surface area contributed by atoms with Crippen molar-refractivity contribution in [3.05, 3.63) is 90.5 Å². The molecule has 1 fully saturated rings. The van der Waals surface area contributed by atoms with Crippen molar-refractivity contribution in [2.45, 2.75) is 134 Å². The topological polar surface area (TPSA) is 321 Å². The molecule has 0 spiro atoms. The molecule has 5 rings (SSSR count). The number of rotatable bonds is 30. The number of phenolic OH excluding ortho intramolecular Hbond substituents is 1. The van der Waals surface area contributed by atoms with E-state index in [2.05, 4.69) is 111 Å². The highest BCUT2D eigenvalue weighted by Gasteiger charge is 2.50. The number of hydrogen-bond donors (Lipinski definition) is 10. The number of carbonyl (C=O) groups excluding carboxylic acids is 8. The average molecular weight is 1170 g/mol. The number of ether oxygens (including phenoxy) is 1. The monoisotopic (exact) mass is 1170 g/mol. The van der Waals surface area contributed by atoms with Gasteiger partial charge in [-0.1, -0.05) is 128 Å². The third-order valence-corrected chi connectivity index (χ3v) is 20.6. The molecule has 0 aliphatic carbocycles. The second-order valence-electron chi connectivity index (χ2n) is 22.3. The van der Waals surface area contributed by atoms with E-state index in [4.69, 9.17) is 19.9 Å². The molecule has 0 saturated carbocycles. The molecule has 7 amide bonds. The smallest absolute Gasteiger partial charge is 0.328 e. The maximum atomic E-state index is 14.0. The number of phenols is 1.